The summed E-state index contributed by atoms with van der Waals surface area (Å²) in [4.78, 5) is 14.5. The van der Waals surface area contributed by atoms with E-state index >= 15 is 0 Å². The summed E-state index contributed by atoms with van der Waals surface area (Å²) in [6.45, 7) is 5.02. The Morgan fingerprint density at radius 2 is 2.16 bits per heavy atom. The number of carbonyl (C=O) groups is 1. The summed E-state index contributed by atoms with van der Waals surface area (Å²) in [7, 11) is 0. The fraction of sp³-hybridized carbons (Fsp3) is 0.571. The first-order valence-electron chi connectivity index (χ1n) is 6.49. The number of carboxylic acids is 1. The van der Waals surface area contributed by atoms with Gasteiger partial charge in [0.2, 0.25) is 0 Å². The Morgan fingerprint density at radius 1 is 1.42 bits per heavy atom. The molecule has 0 amide bonds. The van der Waals surface area contributed by atoms with E-state index in [4.69, 9.17) is 9.84 Å². The molecule has 1 N–H and O–H groups in total. The molecule has 1 heterocycles. The van der Waals surface area contributed by atoms with Gasteiger partial charge < -0.3 is 9.84 Å². The van der Waals surface area contributed by atoms with Crippen LogP contribution in [0.15, 0.2) is 18.3 Å². The van der Waals surface area contributed by atoms with Gasteiger partial charge in [-0.3, -0.25) is 0 Å². The van der Waals surface area contributed by atoms with Gasteiger partial charge in [0.1, 0.15) is 11.4 Å². The summed E-state index contributed by atoms with van der Waals surface area (Å²) in [5, 5.41) is 8.73. The molecular formula is C14H21NO3Zn. The number of hydrogen-bond donors (Lipinski definition) is 1. The van der Waals surface area contributed by atoms with E-state index in [1.54, 1.807) is 6.07 Å². The molecule has 0 spiro atoms. The number of unbranched alkanes of at least 4 members (excludes halogenated alkanes) is 1. The number of pyridine rings is 1. The van der Waals surface area contributed by atoms with E-state index in [0.29, 0.717) is 18.3 Å². The number of nitrogens with zero attached hydrogens (tertiary/aromatic N) is 1. The van der Waals surface area contributed by atoms with Gasteiger partial charge in [-0.05, 0) is 24.5 Å². The number of aromatic carboxylic acids is 1. The zero-order chi connectivity index (χ0) is 13.4. The summed E-state index contributed by atoms with van der Waals surface area (Å²) in [6.07, 6.45) is 6.16. The van der Waals surface area contributed by atoms with Crippen molar-refractivity contribution in [1.82, 2.24) is 4.98 Å². The van der Waals surface area contributed by atoms with Gasteiger partial charge in [0, 0.05) is 19.5 Å². The number of rotatable bonds is 8. The van der Waals surface area contributed by atoms with Crippen molar-refractivity contribution in [2.45, 2.75) is 39.5 Å². The van der Waals surface area contributed by atoms with Crippen LogP contribution in [-0.4, -0.2) is 22.7 Å². The standard InChI is InChI=1S/C14H21NO3.Zn/c1-3-5-6-11(4-2)10-18-12-7-8-13(14(16)17)15-9-12;/h7-9,11H,3-6,10H2,1-2H3,(H,16,17);. The summed E-state index contributed by atoms with van der Waals surface area (Å²) in [5.74, 6) is 0.176. The molecule has 5 heteroatoms. The second kappa shape index (κ2) is 9.91. The van der Waals surface area contributed by atoms with Crippen molar-refractivity contribution in [3.63, 3.8) is 0 Å². The Balaban J connectivity index is 0.00000324. The van der Waals surface area contributed by atoms with Crippen LogP contribution in [0.1, 0.15) is 50.0 Å². The van der Waals surface area contributed by atoms with Crippen molar-refractivity contribution in [3.05, 3.63) is 24.0 Å². The fourth-order valence-corrected chi connectivity index (χ4v) is 1.70. The van der Waals surface area contributed by atoms with E-state index in [1.807, 2.05) is 0 Å². The van der Waals surface area contributed by atoms with Gasteiger partial charge in [0.15, 0.2) is 0 Å². The molecule has 102 valence electrons. The summed E-state index contributed by atoms with van der Waals surface area (Å²) < 4.78 is 5.64. The van der Waals surface area contributed by atoms with Crippen LogP contribution < -0.4 is 4.74 Å². The molecular weight excluding hydrogens is 296 g/mol. The zero-order valence-electron chi connectivity index (χ0n) is 11.8. The van der Waals surface area contributed by atoms with Crippen molar-refractivity contribution in [2.24, 2.45) is 5.92 Å². The van der Waals surface area contributed by atoms with E-state index in [2.05, 4.69) is 18.8 Å². The molecule has 0 saturated carbocycles. The second-order valence-electron chi connectivity index (χ2n) is 4.41. The summed E-state index contributed by atoms with van der Waals surface area (Å²) >= 11 is 0. The van der Waals surface area contributed by atoms with Crippen LogP contribution >= 0.6 is 0 Å². The Hall–Kier alpha value is -0.957. The van der Waals surface area contributed by atoms with Crippen molar-refractivity contribution in [3.8, 4) is 5.75 Å². The third-order valence-corrected chi connectivity index (χ3v) is 2.98. The van der Waals surface area contributed by atoms with Crippen LogP contribution in [-0.2, 0) is 19.5 Å². The van der Waals surface area contributed by atoms with Gasteiger partial charge in [-0.15, -0.1) is 0 Å². The molecule has 0 radical (unpaired) electrons. The van der Waals surface area contributed by atoms with E-state index in [1.165, 1.54) is 31.5 Å². The van der Waals surface area contributed by atoms with E-state index in [0.717, 1.165) is 6.42 Å². The fourth-order valence-electron chi connectivity index (χ4n) is 1.70. The molecule has 1 rings (SSSR count). The van der Waals surface area contributed by atoms with Crippen LogP contribution in [0, 0.1) is 5.92 Å². The molecule has 4 nitrogen and oxygen atoms in total. The van der Waals surface area contributed by atoms with Gasteiger partial charge in [-0.2, -0.15) is 0 Å². The van der Waals surface area contributed by atoms with Crippen LogP contribution in [0.2, 0.25) is 0 Å². The zero-order valence-corrected chi connectivity index (χ0v) is 14.7. The van der Waals surface area contributed by atoms with Crippen molar-refractivity contribution in [1.29, 1.82) is 0 Å². The predicted octanol–water partition coefficient (Wildman–Crippen LogP) is 3.37. The monoisotopic (exact) mass is 315 g/mol. The quantitative estimate of drug-likeness (QED) is 0.747. The molecule has 0 saturated heterocycles. The minimum atomic E-state index is -1.02. The molecule has 1 atom stereocenters. The first-order valence-corrected chi connectivity index (χ1v) is 6.49. The maximum absolute atomic E-state index is 10.6. The molecule has 1 aromatic heterocycles. The first-order chi connectivity index (χ1) is 8.67. The van der Waals surface area contributed by atoms with Gasteiger partial charge in [0.05, 0.1) is 12.8 Å². The molecule has 19 heavy (non-hydrogen) atoms. The Kier molecular flexibility index (Phi) is 9.41. The summed E-state index contributed by atoms with van der Waals surface area (Å²) in [6, 6.07) is 3.12. The average molecular weight is 317 g/mol. The first kappa shape index (κ1) is 18.0. The smallest absolute Gasteiger partial charge is 0.354 e. The van der Waals surface area contributed by atoms with Gasteiger partial charge in [0.25, 0.3) is 0 Å². The topological polar surface area (TPSA) is 59.4 Å². The number of hydrogen-bond acceptors (Lipinski definition) is 3. The van der Waals surface area contributed by atoms with Crippen LogP contribution in [0.5, 0.6) is 5.75 Å². The third kappa shape index (κ3) is 6.67. The predicted molar refractivity (Wildman–Crippen MR) is 70.0 cm³/mol. The number of ether oxygens (including phenoxy) is 1. The molecule has 0 aliphatic carbocycles. The normalized spacial score (nSPS) is 11.5. The largest absolute Gasteiger partial charge is 0.492 e. The van der Waals surface area contributed by atoms with Crippen molar-refractivity contribution >= 4 is 5.97 Å². The molecule has 0 aromatic carbocycles. The van der Waals surface area contributed by atoms with Gasteiger partial charge in [-0.1, -0.05) is 33.1 Å². The maximum Gasteiger partial charge on any atom is 0.354 e. The van der Waals surface area contributed by atoms with Crippen molar-refractivity contribution < 1.29 is 34.1 Å². The number of aromatic nitrogens is 1. The molecule has 1 unspecified atom stereocenters. The number of carboxylic acid groups (broad SMARTS) is 1. The van der Waals surface area contributed by atoms with Crippen LogP contribution in [0.4, 0.5) is 0 Å². The van der Waals surface area contributed by atoms with Gasteiger partial charge in [-0.25, -0.2) is 9.78 Å². The maximum atomic E-state index is 10.6. The van der Waals surface area contributed by atoms with Gasteiger partial charge >= 0.3 is 5.97 Å². The van der Waals surface area contributed by atoms with E-state index in [-0.39, 0.29) is 25.2 Å². The van der Waals surface area contributed by atoms with E-state index in [9.17, 15) is 4.79 Å². The van der Waals surface area contributed by atoms with Crippen LogP contribution in [0.25, 0.3) is 0 Å². The Bertz CT molecular complexity index is 367. The second-order valence-corrected chi connectivity index (χ2v) is 4.41. The average Bonchev–Trinajstić information content (AvgIpc) is 2.39. The minimum absolute atomic E-state index is 0. The molecule has 0 bridgehead atoms. The molecule has 1 aromatic rings. The Labute approximate surface area is 127 Å². The van der Waals surface area contributed by atoms with E-state index < -0.39 is 5.97 Å². The SMILES string of the molecule is CCCCC(CC)COc1ccc(C(=O)O)nc1.[Zn]. The van der Waals surface area contributed by atoms with Crippen molar-refractivity contribution in [2.75, 3.05) is 6.61 Å². The minimum Gasteiger partial charge on any atom is -0.492 e. The third-order valence-electron chi connectivity index (χ3n) is 2.98. The summed E-state index contributed by atoms with van der Waals surface area (Å²) in [5.41, 5.74) is 0.0420. The molecule has 0 aliphatic rings. The Morgan fingerprint density at radius 3 is 2.63 bits per heavy atom. The molecule has 0 aliphatic heterocycles. The molecule has 0 fully saturated rings. The van der Waals surface area contributed by atoms with Crippen LogP contribution in [0.3, 0.4) is 0 Å².